The molecular formula is C16H20N2O2S. The number of ether oxygens (including phenoxy) is 2. The Morgan fingerprint density at radius 3 is 3.00 bits per heavy atom. The van der Waals surface area contributed by atoms with E-state index in [1.54, 1.807) is 18.4 Å². The molecule has 0 radical (unpaired) electrons. The number of hydrogen-bond donors (Lipinski definition) is 1. The van der Waals surface area contributed by atoms with Crippen molar-refractivity contribution in [2.24, 2.45) is 0 Å². The molecule has 3 atom stereocenters. The first-order valence-electron chi connectivity index (χ1n) is 7.17. The molecule has 2 aromatic rings. The van der Waals surface area contributed by atoms with Gasteiger partial charge in [0.15, 0.2) is 0 Å². The molecule has 1 fully saturated rings. The molecule has 21 heavy (non-hydrogen) atoms. The Morgan fingerprint density at radius 1 is 1.43 bits per heavy atom. The van der Waals surface area contributed by atoms with E-state index >= 15 is 0 Å². The van der Waals surface area contributed by atoms with Gasteiger partial charge in [-0.2, -0.15) is 11.3 Å². The lowest BCUT2D eigenvalue weighted by Gasteiger charge is -2.24. The lowest BCUT2D eigenvalue weighted by molar-refractivity contribution is 0.0964. The maximum absolute atomic E-state index is 5.90. The summed E-state index contributed by atoms with van der Waals surface area (Å²) < 4.78 is 11.0. The van der Waals surface area contributed by atoms with E-state index in [4.69, 9.17) is 9.47 Å². The summed E-state index contributed by atoms with van der Waals surface area (Å²) in [7, 11) is 1.63. The molecule has 0 spiro atoms. The lowest BCUT2D eigenvalue weighted by Crippen LogP contribution is -2.33. The molecule has 2 aromatic heterocycles. The number of pyridine rings is 1. The SMILES string of the molecule is COc1ccc([C@H]2OCC[C@@H]2NC(C)c2ccsc2)cn1. The number of methoxy groups -OCH3 is 1. The van der Waals surface area contributed by atoms with Crippen LogP contribution in [0.15, 0.2) is 35.2 Å². The summed E-state index contributed by atoms with van der Waals surface area (Å²) >= 11 is 1.73. The first kappa shape index (κ1) is 14.5. The molecule has 1 aliphatic heterocycles. The van der Waals surface area contributed by atoms with E-state index in [9.17, 15) is 0 Å². The molecule has 4 nitrogen and oxygen atoms in total. The van der Waals surface area contributed by atoms with Crippen LogP contribution >= 0.6 is 11.3 Å². The van der Waals surface area contributed by atoms with Crippen molar-refractivity contribution in [3.63, 3.8) is 0 Å². The Labute approximate surface area is 129 Å². The summed E-state index contributed by atoms with van der Waals surface area (Å²) in [4.78, 5) is 4.28. The number of aromatic nitrogens is 1. The number of hydrogen-bond acceptors (Lipinski definition) is 5. The fraction of sp³-hybridized carbons (Fsp3) is 0.438. The largest absolute Gasteiger partial charge is 0.481 e. The fourth-order valence-electron chi connectivity index (χ4n) is 2.71. The Balaban J connectivity index is 1.69. The third kappa shape index (κ3) is 3.26. The molecule has 3 rings (SSSR count). The summed E-state index contributed by atoms with van der Waals surface area (Å²) in [6.45, 7) is 2.98. The average molecular weight is 304 g/mol. The monoisotopic (exact) mass is 304 g/mol. The molecule has 112 valence electrons. The van der Waals surface area contributed by atoms with Crippen molar-refractivity contribution in [2.45, 2.75) is 31.5 Å². The number of nitrogens with zero attached hydrogens (tertiary/aromatic N) is 1. The second kappa shape index (κ2) is 6.56. The van der Waals surface area contributed by atoms with Gasteiger partial charge in [-0.15, -0.1) is 0 Å². The Kier molecular flexibility index (Phi) is 4.53. The molecule has 0 aliphatic carbocycles. The van der Waals surface area contributed by atoms with Crippen molar-refractivity contribution >= 4 is 11.3 Å². The zero-order valence-electron chi connectivity index (χ0n) is 12.3. The molecule has 5 heteroatoms. The highest BCUT2D eigenvalue weighted by atomic mass is 32.1. The van der Waals surface area contributed by atoms with Crippen LogP contribution in [0.4, 0.5) is 0 Å². The molecule has 0 aromatic carbocycles. The standard InChI is InChI=1S/C16H20N2O2S/c1-11(13-6-8-21-10-13)18-14-5-7-20-16(14)12-3-4-15(19-2)17-9-12/h3-4,6,8-11,14,16,18H,5,7H2,1-2H3/t11?,14-,16+/m0/s1. The van der Waals surface area contributed by atoms with E-state index < -0.39 is 0 Å². The predicted octanol–water partition coefficient (Wildman–Crippen LogP) is 3.33. The van der Waals surface area contributed by atoms with Crippen LogP contribution in [0.25, 0.3) is 0 Å². The van der Waals surface area contributed by atoms with Crippen molar-refractivity contribution < 1.29 is 9.47 Å². The molecule has 0 bridgehead atoms. The maximum Gasteiger partial charge on any atom is 0.212 e. The summed E-state index contributed by atoms with van der Waals surface area (Å²) in [6, 6.07) is 6.73. The highest BCUT2D eigenvalue weighted by molar-refractivity contribution is 7.07. The van der Waals surface area contributed by atoms with E-state index in [0.717, 1.165) is 18.6 Å². The van der Waals surface area contributed by atoms with Gasteiger partial charge in [0.05, 0.1) is 13.2 Å². The second-order valence-electron chi connectivity index (χ2n) is 5.27. The lowest BCUT2D eigenvalue weighted by atomic mass is 10.0. The molecule has 1 saturated heterocycles. The van der Waals surface area contributed by atoms with Crippen LogP contribution in [0.3, 0.4) is 0 Å². The van der Waals surface area contributed by atoms with Crippen LogP contribution in [0.5, 0.6) is 5.88 Å². The van der Waals surface area contributed by atoms with Crippen LogP contribution in [-0.2, 0) is 4.74 Å². The van der Waals surface area contributed by atoms with E-state index in [1.807, 2.05) is 18.3 Å². The quantitative estimate of drug-likeness (QED) is 0.920. The van der Waals surface area contributed by atoms with Crippen molar-refractivity contribution in [1.29, 1.82) is 0 Å². The van der Waals surface area contributed by atoms with Crippen molar-refractivity contribution in [1.82, 2.24) is 10.3 Å². The minimum absolute atomic E-state index is 0.0597. The van der Waals surface area contributed by atoms with E-state index in [2.05, 4.69) is 34.1 Å². The number of thiophene rings is 1. The smallest absolute Gasteiger partial charge is 0.212 e. The summed E-state index contributed by atoms with van der Waals surface area (Å²) in [6.07, 6.45) is 2.92. The molecule has 0 saturated carbocycles. The van der Waals surface area contributed by atoms with Gasteiger partial charge >= 0.3 is 0 Å². The fourth-order valence-corrected chi connectivity index (χ4v) is 3.46. The minimum Gasteiger partial charge on any atom is -0.481 e. The second-order valence-corrected chi connectivity index (χ2v) is 6.05. The van der Waals surface area contributed by atoms with Gasteiger partial charge in [0.1, 0.15) is 0 Å². The zero-order valence-corrected chi connectivity index (χ0v) is 13.1. The van der Waals surface area contributed by atoms with Crippen LogP contribution < -0.4 is 10.1 Å². The molecule has 1 unspecified atom stereocenters. The summed E-state index contributed by atoms with van der Waals surface area (Å²) in [5.41, 5.74) is 2.43. The van der Waals surface area contributed by atoms with Crippen LogP contribution in [-0.4, -0.2) is 24.7 Å². The Bertz CT molecular complexity index is 556. The predicted molar refractivity (Wildman–Crippen MR) is 83.8 cm³/mol. The highest BCUT2D eigenvalue weighted by Gasteiger charge is 2.31. The average Bonchev–Trinajstić information content (AvgIpc) is 3.19. The topological polar surface area (TPSA) is 43.4 Å². The third-order valence-electron chi connectivity index (χ3n) is 3.90. The van der Waals surface area contributed by atoms with Gasteiger partial charge < -0.3 is 14.8 Å². The van der Waals surface area contributed by atoms with Gasteiger partial charge in [0.25, 0.3) is 0 Å². The van der Waals surface area contributed by atoms with E-state index in [0.29, 0.717) is 18.0 Å². The normalized spacial score (nSPS) is 23.1. The van der Waals surface area contributed by atoms with Gasteiger partial charge in [-0.3, -0.25) is 0 Å². The zero-order chi connectivity index (χ0) is 14.7. The maximum atomic E-state index is 5.90. The number of nitrogens with one attached hydrogen (secondary N) is 1. The molecule has 1 N–H and O–H groups in total. The molecule has 0 amide bonds. The van der Waals surface area contributed by atoms with Crippen molar-refractivity contribution in [2.75, 3.05) is 13.7 Å². The van der Waals surface area contributed by atoms with Crippen LogP contribution in [0.1, 0.15) is 36.6 Å². The van der Waals surface area contributed by atoms with Crippen molar-refractivity contribution in [3.8, 4) is 5.88 Å². The highest BCUT2D eigenvalue weighted by Crippen LogP contribution is 2.31. The van der Waals surface area contributed by atoms with Gasteiger partial charge in [-0.05, 0) is 41.8 Å². The van der Waals surface area contributed by atoms with Crippen molar-refractivity contribution in [3.05, 3.63) is 46.3 Å². The first-order chi connectivity index (χ1) is 10.3. The van der Waals surface area contributed by atoms with Gasteiger partial charge in [-0.1, -0.05) is 0 Å². The van der Waals surface area contributed by atoms with Gasteiger partial charge in [0.2, 0.25) is 5.88 Å². The summed E-state index contributed by atoms with van der Waals surface area (Å²) in [5, 5.41) is 7.99. The van der Waals surface area contributed by atoms with Crippen LogP contribution in [0, 0.1) is 0 Å². The van der Waals surface area contributed by atoms with Gasteiger partial charge in [-0.25, -0.2) is 4.98 Å². The molecule has 3 heterocycles. The number of rotatable bonds is 5. The van der Waals surface area contributed by atoms with E-state index in [1.165, 1.54) is 5.56 Å². The minimum atomic E-state index is 0.0597. The summed E-state index contributed by atoms with van der Waals surface area (Å²) in [5.74, 6) is 0.632. The Morgan fingerprint density at radius 2 is 2.33 bits per heavy atom. The Hall–Kier alpha value is -1.43. The van der Waals surface area contributed by atoms with Gasteiger partial charge in [0, 0.05) is 36.5 Å². The molecular weight excluding hydrogens is 284 g/mol. The first-order valence-corrected chi connectivity index (χ1v) is 8.12. The molecule has 1 aliphatic rings. The third-order valence-corrected chi connectivity index (χ3v) is 4.60. The van der Waals surface area contributed by atoms with Crippen LogP contribution in [0.2, 0.25) is 0 Å². The van der Waals surface area contributed by atoms with E-state index in [-0.39, 0.29) is 6.10 Å².